The number of carbonyl (C=O) groups excluding carboxylic acids is 1. The number of amides is 1. The summed E-state index contributed by atoms with van der Waals surface area (Å²) in [5, 5.41) is 0. The van der Waals surface area contributed by atoms with Gasteiger partial charge in [-0.1, -0.05) is 0 Å². The number of carbonyl (C=O) groups is 1. The van der Waals surface area contributed by atoms with E-state index in [9.17, 15) is 4.79 Å². The molecule has 1 aliphatic heterocycles. The maximum absolute atomic E-state index is 10.9. The minimum absolute atomic E-state index is 0. The van der Waals surface area contributed by atoms with E-state index in [1.165, 1.54) is 0 Å². The van der Waals surface area contributed by atoms with Gasteiger partial charge in [0.05, 0.1) is 12.1 Å². The third kappa shape index (κ3) is 1.80. The molecule has 1 aliphatic carbocycles. The summed E-state index contributed by atoms with van der Waals surface area (Å²) in [7, 11) is 1.77. The van der Waals surface area contributed by atoms with Crippen LogP contribution in [0.3, 0.4) is 0 Å². The Morgan fingerprint density at radius 1 is 1.58 bits per heavy atom. The molecule has 4 heteroatoms. The summed E-state index contributed by atoms with van der Waals surface area (Å²) in [6, 6.07) is 0. The molecule has 12 heavy (non-hydrogen) atoms. The van der Waals surface area contributed by atoms with Gasteiger partial charge in [0.1, 0.15) is 0 Å². The van der Waals surface area contributed by atoms with Gasteiger partial charge >= 0.3 is 37.2 Å². The quantitative estimate of drug-likeness (QED) is 0.580. The summed E-state index contributed by atoms with van der Waals surface area (Å²) >= 11 is 0. The molecular weight excluding hydrogens is 380 g/mol. The first-order chi connectivity index (χ1) is 4.72. The van der Waals surface area contributed by atoms with Crippen LogP contribution in [0.15, 0.2) is 0 Å². The third-order valence-electron chi connectivity index (χ3n) is 2.17. The Bertz CT molecular complexity index is 180. The van der Waals surface area contributed by atoms with Gasteiger partial charge in [-0.2, -0.15) is 0 Å². The van der Waals surface area contributed by atoms with Crippen molar-refractivity contribution in [1.29, 1.82) is 0 Å². The van der Waals surface area contributed by atoms with Crippen molar-refractivity contribution in [2.45, 2.75) is 18.4 Å². The monoisotopic (exact) mass is 393 g/mol. The predicted octanol–water partition coefficient (Wildman–Crippen LogP) is 1.26. The van der Waals surface area contributed by atoms with E-state index in [2.05, 4.69) is 6.42 Å². The van der Waals surface area contributed by atoms with Crippen LogP contribution < -0.4 is 0 Å². The van der Waals surface area contributed by atoms with Gasteiger partial charge in [0.25, 0.3) is 0 Å². The van der Waals surface area contributed by atoms with Gasteiger partial charge in [0.2, 0.25) is 0 Å². The molecule has 2 aliphatic rings. The average Bonchev–Trinajstić information content (AvgIpc) is 2.08. The molecular formula is C8H13NO2U. The smallest absolute Gasteiger partial charge is 0.446 e. The number of likely N-dealkylation sites (N-methyl/N-ethyl adjacent to an activating group) is 1. The van der Waals surface area contributed by atoms with Crippen molar-refractivity contribution < 1.29 is 40.6 Å². The van der Waals surface area contributed by atoms with E-state index in [1.807, 2.05) is 0 Å². The van der Waals surface area contributed by atoms with Gasteiger partial charge in [-0.3, -0.25) is 0 Å². The second-order valence-electron chi connectivity index (χ2n) is 3.10. The standard InChI is InChI=1S/C7H10NO2.CH3.U/c1-8-5-7(3-2-4-7)10-6(8)9;;/h2H,3-5H2,1H3;1H3;/q2*-1;+2. The van der Waals surface area contributed by atoms with Crippen molar-refractivity contribution in [2.75, 3.05) is 13.6 Å². The van der Waals surface area contributed by atoms with E-state index in [4.69, 9.17) is 4.74 Å². The maximum Gasteiger partial charge on any atom is 2.00 e. The summed E-state index contributed by atoms with van der Waals surface area (Å²) in [5.41, 5.74) is -0.119. The molecule has 1 spiro atoms. The Kier molecular flexibility index (Phi) is 4.13. The van der Waals surface area contributed by atoms with Gasteiger partial charge in [0, 0.05) is 7.05 Å². The fourth-order valence-electron chi connectivity index (χ4n) is 1.47. The Labute approximate surface area is 97.2 Å². The van der Waals surface area contributed by atoms with Gasteiger partial charge in [-0.05, 0) is 0 Å². The normalized spacial score (nSPS) is 23.8. The number of hydrogen-bond donors (Lipinski definition) is 0. The molecule has 0 radical (unpaired) electrons. The van der Waals surface area contributed by atoms with Crippen LogP contribution in [0.5, 0.6) is 0 Å². The van der Waals surface area contributed by atoms with Gasteiger partial charge in [0.15, 0.2) is 0 Å². The summed E-state index contributed by atoms with van der Waals surface area (Å²) in [6.45, 7) is 0.766. The molecule has 3 nitrogen and oxygen atoms in total. The first kappa shape index (κ1) is 12.3. The first-order valence-corrected chi connectivity index (χ1v) is 3.48. The van der Waals surface area contributed by atoms with Crippen molar-refractivity contribution in [2.24, 2.45) is 0 Å². The molecule has 0 aromatic carbocycles. The zero-order valence-electron chi connectivity index (χ0n) is 7.46. The molecule has 0 aromatic rings. The molecule has 0 N–H and O–H groups in total. The van der Waals surface area contributed by atoms with Crippen molar-refractivity contribution in [1.82, 2.24) is 4.90 Å². The zero-order chi connectivity index (χ0) is 7.19. The SMILES string of the molecule is CN1CC2(C[CH-]C2)OC1=O.[CH3-].[U+2]. The average molecular weight is 393 g/mol. The third-order valence-corrected chi connectivity index (χ3v) is 2.17. The molecule has 1 heterocycles. The van der Waals surface area contributed by atoms with E-state index < -0.39 is 0 Å². The summed E-state index contributed by atoms with van der Waals surface area (Å²) in [4.78, 5) is 12.5. The predicted molar refractivity (Wildman–Crippen MR) is 41.8 cm³/mol. The van der Waals surface area contributed by atoms with Crippen LogP contribution in [-0.4, -0.2) is 30.2 Å². The summed E-state index contributed by atoms with van der Waals surface area (Å²) in [5.74, 6) is 0. The molecule has 2 fully saturated rings. The fraction of sp³-hybridized carbons (Fsp3) is 0.625. The number of rotatable bonds is 0. The number of nitrogens with zero attached hydrogens (tertiary/aromatic N) is 1. The van der Waals surface area contributed by atoms with Crippen LogP contribution in [0.25, 0.3) is 0 Å². The van der Waals surface area contributed by atoms with Crippen molar-refractivity contribution >= 4 is 6.09 Å². The Morgan fingerprint density at radius 3 is 2.33 bits per heavy atom. The topological polar surface area (TPSA) is 29.5 Å². The van der Waals surface area contributed by atoms with E-state index in [0.717, 1.165) is 19.4 Å². The first-order valence-electron chi connectivity index (χ1n) is 3.48. The van der Waals surface area contributed by atoms with Gasteiger partial charge in [-0.25, -0.2) is 4.79 Å². The van der Waals surface area contributed by atoms with Crippen molar-refractivity contribution in [3.63, 3.8) is 0 Å². The summed E-state index contributed by atoms with van der Waals surface area (Å²) < 4.78 is 5.15. The molecule has 2 rings (SSSR count). The van der Waals surface area contributed by atoms with Crippen LogP contribution in [0, 0.1) is 45.0 Å². The number of hydrogen-bond acceptors (Lipinski definition) is 2. The van der Waals surface area contributed by atoms with Crippen molar-refractivity contribution in [3.8, 4) is 0 Å². The maximum atomic E-state index is 10.9. The Morgan fingerprint density at radius 2 is 2.17 bits per heavy atom. The zero-order valence-corrected chi connectivity index (χ0v) is 11.6. The summed E-state index contributed by atoms with van der Waals surface area (Å²) in [6.07, 6.45) is 3.84. The van der Waals surface area contributed by atoms with E-state index >= 15 is 0 Å². The second kappa shape index (κ2) is 4.02. The van der Waals surface area contributed by atoms with E-state index in [1.54, 1.807) is 11.9 Å². The minimum Gasteiger partial charge on any atom is -0.446 e. The Balaban J connectivity index is 0.000000605. The van der Waals surface area contributed by atoms with Crippen LogP contribution in [0.1, 0.15) is 12.8 Å². The molecule has 0 bridgehead atoms. The fourth-order valence-corrected chi connectivity index (χ4v) is 1.47. The molecule has 0 atom stereocenters. The van der Waals surface area contributed by atoms with E-state index in [-0.39, 0.29) is 50.2 Å². The second-order valence-corrected chi connectivity index (χ2v) is 3.10. The molecule has 1 saturated heterocycles. The largest absolute Gasteiger partial charge is 2.00 e. The molecule has 1 saturated carbocycles. The molecule has 0 aromatic heterocycles. The van der Waals surface area contributed by atoms with Crippen LogP contribution in [-0.2, 0) is 4.74 Å². The van der Waals surface area contributed by atoms with Crippen LogP contribution >= 0.6 is 0 Å². The number of ether oxygens (including phenoxy) is 1. The minimum atomic E-state index is -0.173. The van der Waals surface area contributed by atoms with Crippen LogP contribution in [0.2, 0.25) is 0 Å². The van der Waals surface area contributed by atoms with Gasteiger partial charge < -0.3 is 23.5 Å². The van der Waals surface area contributed by atoms with Crippen LogP contribution in [0.4, 0.5) is 4.79 Å². The van der Waals surface area contributed by atoms with Crippen molar-refractivity contribution in [3.05, 3.63) is 13.8 Å². The Hall–Kier alpha value is 0.322. The van der Waals surface area contributed by atoms with E-state index in [0.29, 0.717) is 0 Å². The molecule has 66 valence electrons. The van der Waals surface area contributed by atoms with Gasteiger partial charge in [-0.15, -0.1) is 12.8 Å². The molecule has 1 amide bonds. The molecule has 0 unspecified atom stereocenters.